The molecule has 0 saturated carbocycles. The van der Waals surface area contributed by atoms with Crippen molar-refractivity contribution in [2.75, 3.05) is 19.4 Å². The lowest BCUT2D eigenvalue weighted by atomic mass is 10.1. The molecule has 1 N–H and O–H groups in total. The van der Waals surface area contributed by atoms with Gasteiger partial charge in [-0.15, -0.1) is 0 Å². The molecular weight excluding hydrogens is 304 g/mol. The molecule has 122 valence electrons. The van der Waals surface area contributed by atoms with Gasteiger partial charge in [-0.05, 0) is 31.2 Å². The van der Waals surface area contributed by atoms with Crippen LogP contribution >= 0.6 is 0 Å². The molecule has 6 heteroatoms. The van der Waals surface area contributed by atoms with Gasteiger partial charge in [0.05, 0.1) is 0 Å². The summed E-state index contributed by atoms with van der Waals surface area (Å²) in [6, 6.07) is 15.0. The number of anilines is 1. The molecule has 0 unspecified atom stereocenters. The van der Waals surface area contributed by atoms with Gasteiger partial charge in [-0.1, -0.05) is 35.0 Å². The number of carbonyl (C=O) groups excluding carboxylic acids is 1. The van der Waals surface area contributed by atoms with E-state index < -0.39 is 0 Å². The Morgan fingerprint density at radius 1 is 1.08 bits per heavy atom. The van der Waals surface area contributed by atoms with E-state index in [1.54, 1.807) is 14.1 Å². The van der Waals surface area contributed by atoms with Gasteiger partial charge in [-0.3, -0.25) is 0 Å². The number of benzene rings is 2. The average Bonchev–Trinajstić information content (AvgIpc) is 3.05. The molecule has 24 heavy (non-hydrogen) atoms. The maximum Gasteiger partial charge on any atom is 0.321 e. The minimum absolute atomic E-state index is 0.194. The smallest absolute Gasteiger partial charge is 0.321 e. The lowest BCUT2D eigenvalue weighted by molar-refractivity contribution is 0.230. The van der Waals surface area contributed by atoms with Crippen molar-refractivity contribution in [3.05, 3.63) is 54.1 Å². The van der Waals surface area contributed by atoms with Crippen molar-refractivity contribution in [3.8, 4) is 22.8 Å². The van der Waals surface area contributed by atoms with Gasteiger partial charge in [-0.2, -0.15) is 4.98 Å². The molecule has 0 saturated heterocycles. The van der Waals surface area contributed by atoms with Gasteiger partial charge < -0.3 is 14.7 Å². The summed E-state index contributed by atoms with van der Waals surface area (Å²) >= 11 is 0. The Morgan fingerprint density at radius 2 is 1.83 bits per heavy atom. The van der Waals surface area contributed by atoms with E-state index >= 15 is 0 Å². The molecule has 3 aromatic rings. The number of nitrogens with one attached hydrogen (secondary N) is 1. The van der Waals surface area contributed by atoms with Gasteiger partial charge in [0, 0.05) is 30.9 Å². The maximum atomic E-state index is 11.7. The first-order valence-electron chi connectivity index (χ1n) is 7.52. The monoisotopic (exact) mass is 322 g/mol. The van der Waals surface area contributed by atoms with Gasteiger partial charge in [0.25, 0.3) is 5.89 Å². The molecule has 0 aliphatic carbocycles. The molecule has 0 radical (unpaired) electrons. The van der Waals surface area contributed by atoms with Crippen LogP contribution in [0.25, 0.3) is 22.8 Å². The summed E-state index contributed by atoms with van der Waals surface area (Å²) in [4.78, 5) is 17.6. The minimum atomic E-state index is -0.194. The number of aryl methyl sites for hydroxylation is 1. The van der Waals surface area contributed by atoms with Crippen LogP contribution in [0.4, 0.5) is 10.5 Å². The minimum Gasteiger partial charge on any atom is -0.334 e. The van der Waals surface area contributed by atoms with Crippen molar-refractivity contribution in [3.63, 3.8) is 0 Å². The lowest BCUT2D eigenvalue weighted by Gasteiger charge is -2.12. The second-order valence-corrected chi connectivity index (χ2v) is 5.69. The summed E-state index contributed by atoms with van der Waals surface area (Å²) in [7, 11) is 3.37. The Bertz CT molecular complexity index is 853. The Kier molecular flexibility index (Phi) is 4.29. The number of urea groups is 1. The van der Waals surface area contributed by atoms with E-state index in [4.69, 9.17) is 4.52 Å². The Labute approximate surface area is 140 Å². The molecular formula is C18H18N4O2. The van der Waals surface area contributed by atoms with Crippen LogP contribution in [0.15, 0.2) is 53.1 Å². The molecule has 3 rings (SSSR count). The van der Waals surface area contributed by atoms with Crippen molar-refractivity contribution in [1.29, 1.82) is 0 Å². The first-order valence-corrected chi connectivity index (χ1v) is 7.52. The summed E-state index contributed by atoms with van der Waals surface area (Å²) in [6.45, 7) is 2.02. The Morgan fingerprint density at radius 3 is 2.54 bits per heavy atom. The summed E-state index contributed by atoms with van der Waals surface area (Å²) in [5, 5.41) is 6.83. The molecule has 0 aliphatic heterocycles. The summed E-state index contributed by atoms with van der Waals surface area (Å²) in [6.07, 6.45) is 0. The number of amides is 2. The van der Waals surface area contributed by atoms with E-state index in [9.17, 15) is 4.79 Å². The van der Waals surface area contributed by atoms with E-state index in [0.717, 1.165) is 11.1 Å². The molecule has 1 aromatic heterocycles. The van der Waals surface area contributed by atoms with Gasteiger partial charge in [0.2, 0.25) is 5.82 Å². The van der Waals surface area contributed by atoms with Crippen LogP contribution in [0.5, 0.6) is 0 Å². The van der Waals surface area contributed by atoms with Crippen LogP contribution in [-0.2, 0) is 0 Å². The van der Waals surface area contributed by atoms with Gasteiger partial charge in [-0.25, -0.2) is 4.79 Å². The summed E-state index contributed by atoms with van der Waals surface area (Å²) in [5.74, 6) is 0.944. The lowest BCUT2D eigenvalue weighted by Crippen LogP contribution is -2.27. The number of rotatable bonds is 3. The summed E-state index contributed by atoms with van der Waals surface area (Å²) in [5.41, 5.74) is 3.49. The van der Waals surface area contributed by atoms with Crippen LogP contribution in [0.1, 0.15) is 5.56 Å². The molecule has 2 amide bonds. The fourth-order valence-corrected chi connectivity index (χ4v) is 2.13. The molecule has 1 heterocycles. The third-order valence-corrected chi connectivity index (χ3v) is 3.50. The molecule has 2 aromatic carbocycles. The van der Waals surface area contributed by atoms with Crippen LogP contribution in [0, 0.1) is 6.92 Å². The fraction of sp³-hybridized carbons (Fsp3) is 0.167. The zero-order chi connectivity index (χ0) is 17.1. The second-order valence-electron chi connectivity index (χ2n) is 5.69. The number of nitrogens with zero attached hydrogens (tertiary/aromatic N) is 3. The van der Waals surface area contributed by atoms with Gasteiger partial charge >= 0.3 is 6.03 Å². The van der Waals surface area contributed by atoms with E-state index in [2.05, 4.69) is 15.5 Å². The maximum absolute atomic E-state index is 11.7. The van der Waals surface area contributed by atoms with Crippen LogP contribution in [0.3, 0.4) is 0 Å². The molecule has 0 spiro atoms. The topological polar surface area (TPSA) is 71.3 Å². The second kappa shape index (κ2) is 6.54. The fourth-order valence-electron chi connectivity index (χ4n) is 2.13. The van der Waals surface area contributed by atoms with Crippen molar-refractivity contribution in [2.24, 2.45) is 0 Å². The van der Waals surface area contributed by atoms with Crippen molar-refractivity contribution in [2.45, 2.75) is 6.92 Å². The summed E-state index contributed by atoms with van der Waals surface area (Å²) < 4.78 is 5.35. The highest BCUT2D eigenvalue weighted by Crippen LogP contribution is 2.24. The highest BCUT2D eigenvalue weighted by atomic mass is 16.5. The van der Waals surface area contributed by atoms with E-state index in [-0.39, 0.29) is 6.03 Å². The predicted octanol–water partition coefficient (Wildman–Crippen LogP) is 3.81. The van der Waals surface area contributed by atoms with E-state index in [1.807, 2.05) is 55.5 Å². The number of hydrogen-bond donors (Lipinski definition) is 1. The first-order chi connectivity index (χ1) is 11.5. The number of hydrogen-bond acceptors (Lipinski definition) is 4. The number of carbonyl (C=O) groups is 1. The molecule has 0 fully saturated rings. The van der Waals surface area contributed by atoms with Crippen molar-refractivity contribution in [1.82, 2.24) is 15.0 Å². The van der Waals surface area contributed by atoms with Crippen LogP contribution in [0.2, 0.25) is 0 Å². The standard InChI is InChI=1S/C18H18N4O2/c1-12-7-9-13(10-8-12)17-20-16(21-24-17)14-5-4-6-15(11-14)19-18(23)22(2)3/h4-11H,1-3H3,(H,19,23). The van der Waals surface area contributed by atoms with E-state index in [1.165, 1.54) is 10.5 Å². The van der Waals surface area contributed by atoms with Gasteiger partial charge in [0.1, 0.15) is 0 Å². The average molecular weight is 322 g/mol. The highest BCUT2D eigenvalue weighted by molar-refractivity contribution is 5.89. The normalized spacial score (nSPS) is 10.5. The van der Waals surface area contributed by atoms with Crippen LogP contribution in [-0.4, -0.2) is 35.2 Å². The predicted molar refractivity (Wildman–Crippen MR) is 92.6 cm³/mol. The molecule has 0 atom stereocenters. The zero-order valence-corrected chi connectivity index (χ0v) is 13.8. The highest BCUT2D eigenvalue weighted by Gasteiger charge is 2.12. The van der Waals surface area contributed by atoms with Crippen molar-refractivity contribution >= 4 is 11.7 Å². The first kappa shape index (κ1) is 15.7. The SMILES string of the molecule is Cc1ccc(-c2nc(-c3cccc(NC(=O)N(C)C)c3)no2)cc1. The van der Waals surface area contributed by atoms with Crippen molar-refractivity contribution < 1.29 is 9.32 Å². The molecule has 6 nitrogen and oxygen atoms in total. The Hall–Kier alpha value is -3.15. The largest absolute Gasteiger partial charge is 0.334 e. The molecule has 0 aliphatic rings. The quantitative estimate of drug-likeness (QED) is 0.796. The Balaban J connectivity index is 1.85. The zero-order valence-electron chi connectivity index (χ0n) is 13.8. The third-order valence-electron chi connectivity index (χ3n) is 3.50. The van der Waals surface area contributed by atoms with Gasteiger partial charge in [0.15, 0.2) is 0 Å². The molecule has 0 bridgehead atoms. The van der Waals surface area contributed by atoms with Crippen LogP contribution < -0.4 is 5.32 Å². The third kappa shape index (κ3) is 3.43. The van der Waals surface area contributed by atoms with E-state index in [0.29, 0.717) is 17.4 Å². The number of aromatic nitrogens is 2.